The van der Waals surface area contributed by atoms with Gasteiger partial charge in [0.25, 0.3) is 0 Å². The van der Waals surface area contributed by atoms with Crippen molar-refractivity contribution in [2.75, 3.05) is 13.1 Å². The van der Waals surface area contributed by atoms with Gasteiger partial charge in [0.1, 0.15) is 5.82 Å². The van der Waals surface area contributed by atoms with Crippen molar-refractivity contribution in [3.05, 3.63) is 46.9 Å². The van der Waals surface area contributed by atoms with E-state index in [0.717, 1.165) is 31.8 Å². The molecule has 0 amide bonds. The van der Waals surface area contributed by atoms with Crippen LogP contribution in [0.5, 0.6) is 0 Å². The number of alkyl halides is 3. The Kier molecular flexibility index (Phi) is 4.31. The third kappa shape index (κ3) is 3.58. The second kappa shape index (κ2) is 6.65. The summed E-state index contributed by atoms with van der Waals surface area (Å²) in [4.78, 5) is 4.87. The van der Waals surface area contributed by atoms with E-state index in [2.05, 4.69) is 14.6 Å². The molecule has 5 nitrogen and oxygen atoms in total. The number of hydrogen-bond acceptors (Lipinski definition) is 4. The number of nitrogens with one attached hydrogen (secondary N) is 1. The van der Waals surface area contributed by atoms with E-state index >= 15 is 0 Å². The second-order valence-corrected chi connectivity index (χ2v) is 8.59. The lowest BCUT2D eigenvalue weighted by atomic mass is 10.0. The van der Waals surface area contributed by atoms with Crippen LogP contribution < -0.4 is 11.1 Å². The van der Waals surface area contributed by atoms with Gasteiger partial charge in [-0.1, -0.05) is 6.08 Å². The number of ether oxygens (including phenoxy) is 1. The standard InChI is InChI=1S/C21H25F3N4O/c1-11-3-2-4-13(7-17(18(11)25)29-21(22,23)24)16-10-28(20(27-16)12-5-6-12)19-14-8-26-9-15(14)19/h4,7,10,12,14-15,19,26H,2-3,5-6,8-9,25H2,1H3/t14-,15+,19?. The molecule has 1 unspecified atom stereocenters. The van der Waals surface area contributed by atoms with Gasteiger partial charge in [-0.2, -0.15) is 0 Å². The summed E-state index contributed by atoms with van der Waals surface area (Å²) in [5.74, 6) is 2.47. The van der Waals surface area contributed by atoms with Crippen LogP contribution >= 0.6 is 0 Å². The molecule has 3 fully saturated rings. The molecule has 0 radical (unpaired) electrons. The first-order valence-corrected chi connectivity index (χ1v) is 10.2. The monoisotopic (exact) mass is 406 g/mol. The van der Waals surface area contributed by atoms with Gasteiger partial charge < -0.3 is 20.4 Å². The van der Waals surface area contributed by atoms with Gasteiger partial charge in [-0.25, -0.2) is 4.98 Å². The van der Waals surface area contributed by atoms with Crippen molar-refractivity contribution >= 4 is 5.57 Å². The minimum atomic E-state index is -4.79. The number of fused-ring (bicyclic) bond motifs is 1. The number of rotatable bonds is 4. The molecule has 4 aliphatic rings. The Morgan fingerprint density at radius 1 is 1.24 bits per heavy atom. The Balaban J connectivity index is 1.51. The molecule has 29 heavy (non-hydrogen) atoms. The number of allylic oxidation sites excluding steroid dienone is 4. The number of halogens is 3. The van der Waals surface area contributed by atoms with Crippen molar-refractivity contribution in [2.24, 2.45) is 17.6 Å². The van der Waals surface area contributed by atoms with Gasteiger partial charge in [0, 0.05) is 36.8 Å². The number of aromatic nitrogens is 2. The minimum absolute atomic E-state index is 0.0533. The second-order valence-electron chi connectivity index (χ2n) is 8.59. The lowest BCUT2D eigenvalue weighted by Crippen LogP contribution is -2.18. The number of imidazole rings is 1. The average molecular weight is 406 g/mol. The highest BCUT2D eigenvalue weighted by atomic mass is 19.4. The average Bonchev–Trinajstić information content (AvgIpc) is 3.52. The summed E-state index contributed by atoms with van der Waals surface area (Å²) in [6.07, 6.45) is 4.10. The fourth-order valence-corrected chi connectivity index (χ4v) is 4.68. The molecule has 2 saturated carbocycles. The van der Waals surface area contributed by atoms with Gasteiger partial charge in [0.15, 0.2) is 5.76 Å². The zero-order valence-electron chi connectivity index (χ0n) is 16.3. The normalized spacial score (nSPS) is 29.7. The van der Waals surface area contributed by atoms with Crippen molar-refractivity contribution in [1.29, 1.82) is 0 Å². The highest BCUT2D eigenvalue weighted by Crippen LogP contribution is 2.55. The van der Waals surface area contributed by atoms with Crippen LogP contribution in [-0.4, -0.2) is 29.0 Å². The van der Waals surface area contributed by atoms with Crippen LogP contribution in [-0.2, 0) is 4.74 Å². The zero-order valence-corrected chi connectivity index (χ0v) is 16.3. The molecule has 0 spiro atoms. The number of hydrogen-bond donors (Lipinski definition) is 2. The van der Waals surface area contributed by atoms with Crippen LogP contribution in [0.2, 0.25) is 0 Å². The molecule has 3 aliphatic carbocycles. The van der Waals surface area contributed by atoms with Gasteiger partial charge in [-0.3, -0.25) is 0 Å². The van der Waals surface area contributed by atoms with E-state index in [4.69, 9.17) is 10.7 Å². The van der Waals surface area contributed by atoms with E-state index in [1.165, 1.54) is 6.08 Å². The van der Waals surface area contributed by atoms with E-state index in [0.29, 0.717) is 53.5 Å². The third-order valence-corrected chi connectivity index (χ3v) is 6.49. The molecule has 156 valence electrons. The number of piperidine rings is 1. The Morgan fingerprint density at radius 2 is 1.97 bits per heavy atom. The Bertz CT molecular complexity index is 913. The minimum Gasteiger partial charge on any atom is -0.404 e. The molecule has 3 N–H and O–H groups in total. The van der Waals surface area contributed by atoms with E-state index < -0.39 is 6.36 Å². The first-order valence-electron chi connectivity index (χ1n) is 10.2. The predicted octanol–water partition coefficient (Wildman–Crippen LogP) is 3.98. The Morgan fingerprint density at radius 3 is 2.62 bits per heavy atom. The fraction of sp³-hybridized carbons (Fsp3) is 0.571. The van der Waals surface area contributed by atoms with Crippen molar-refractivity contribution in [3.8, 4) is 0 Å². The van der Waals surface area contributed by atoms with E-state index in [1.54, 1.807) is 6.92 Å². The molecule has 1 saturated heterocycles. The molecule has 0 bridgehead atoms. The van der Waals surface area contributed by atoms with Gasteiger partial charge in [0.05, 0.1) is 11.4 Å². The summed E-state index contributed by atoms with van der Waals surface area (Å²) in [5.41, 5.74) is 8.08. The summed E-state index contributed by atoms with van der Waals surface area (Å²) in [6, 6.07) is 0.462. The molecule has 1 aromatic rings. The van der Waals surface area contributed by atoms with Crippen LogP contribution in [0.3, 0.4) is 0 Å². The van der Waals surface area contributed by atoms with E-state index in [-0.39, 0.29) is 11.5 Å². The van der Waals surface area contributed by atoms with Crippen molar-refractivity contribution in [3.63, 3.8) is 0 Å². The molecule has 5 rings (SSSR count). The summed E-state index contributed by atoms with van der Waals surface area (Å²) in [5, 5.41) is 3.41. The summed E-state index contributed by atoms with van der Waals surface area (Å²) in [7, 11) is 0. The maximum absolute atomic E-state index is 12.9. The molecule has 2 heterocycles. The largest absolute Gasteiger partial charge is 0.573 e. The quantitative estimate of drug-likeness (QED) is 0.794. The summed E-state index contributed by atoms with van der Waals surface area (Å²) < 4.78 is 45.4. The van der Waals surface area contributed by atoms with Crippen molar-refractivity contribution in [1.82, 2.24) is 14.9 Å². The summed E-state index contributed by atoms with van der Waals surface area (Å²) in [6.45, 7) is 3.79. The van der Waals surface area contributed by atoms with Gasteiger partial charge >= 0.3 is 6.36 Å². The topological polar surface area (TPSA) is 65.1 Å². The van der Waals surface area contributed by atoms with Crippen LogP contribution in [0.15, 0.2) is 35.4 Å². The highest BCUT2D eigenvalue weighted by Gasteiger charge is 2.55. The lowest BCUT2D eigenvalue weighted by Gasteiger charge is -2.17. The first-order chi connectivity index (χ1) is 13.8. The molecule has 8 heteroatoms. The Hall–Kier alpha value is -2.22. The fourth-order valence-electron chi connectivity index (χ4n) is 4.68. The Labute approximate surface area is 167 Å². The summed E-state index contributed by atoms with van der Waals surface area (Å²) >= 11 is 0. The van der Waals surface area contributed by atoms with Gasteiger partial charge in [-0.15, -0.1) is 13.2 Å². The molecule has 0 aromatic carbocycles. The van der Waals surface area contributed by atoms with E-state index in [1.807, 2.05) is 12.3 Å². The van der Waals surface area contributed by atoms with Gasteiger partial charge in [0.2, 0.25) is 0 Å². The van der Waals surface area contributed by atoms with Crippen LogP contribution in [0.25, 0.3) is 5.57 Å². The van der Waals surface area contributed by atoms with Crippen molar-refractivity contribution < 1.29 is 17.9 Å². The van der Waals surface area contributed by atoms with Crippen LogP contribution in [0, 0.1) is 11.8 Å². The predicted molar refractivity (Wildman–Crippen MR) is 102 cm³/mol. The van der Waals surface area contributed by atoms with E-state index in [9.17, 15) is 13.2 Å². The molecule has 1 aromatic heterocycles. The van der Waals surface area contributed by atoms with Gasteiger partial charge in [-0.05, 0) is 56.1 Å². The maximum Gasteiger partial charge on any atom is 0.573 e. The highest BCUT2D eigenvalue weighted by molar-refractivity contribution is 5.73. The molecule has 3 atom stereocenters. The first kappa shape index (κ1) is 18.8. The van der Waals surface area contributed by atoms with Crippen LogP contribution in [0.4, 0.5) is 13.2 Å². The number of nitrogens with zero attached hydrogens (tertiary/aromatic N) is 2. The number of nitrogens with two attached hydrogens (primary N) is 1. The lowest BCUT2D eigenvalue weighted by molar-refractivity contribution is -0.304. The maximum atomic E-state index is 12.9. The van der Waals surface area contributed by atoms with Crippen molar-refractivity contribution in [2.45, 2.75) is 50.9 Å². The molecular formula is C21H25F3N4O. The SMILES string of the molecule is CC1=C(N)C(OC(F)(F)F)=CC(c2cn(C3[C@H]4CNC[C@@H]34)c(C3CC3)n2)=CCC1. The molecule has 1 aliphatic heterocycles. The zero-order chi connectivity index (χ0) is 20.3. The van der Waals surface area contributed by atoms with Crippen LogP contribution in [0.1, 0.15) is 56.1 Å². The third-order valence-electron chi connectivity index (χ3n) is 6.49. The molecular weight excluding hydrogens is 381 g/mol. The smallest absolute Gasteiger partial charge is 0.404 e.